The first kappa shape index (κ1) is 55.1. The van der Waals surface area contributed by atoms with Gasteiger partial charge in [-0.1, -0.05) is 36.4 Å². The summed E-state index contributed by atoms with van der Waals surface area (Å²) in [5.41, 5.74) is 6.04. The second-order valence-corrected chi connectivity index (χ2v) is 20.8. The molecule has 3 aliphatic heterocycles. The molecule has 0 bridgehead atoms. The largest absolute Gasteiger partial charge is 0.493 e. The number of fused-ring (bicyclic) bond motifs is 2. The fourth-order valence-corrected chi connectivity index (χ4v) is 11.1. The highest BCUT2D eigenvalue weighted by molar-refractivity contribution is 6.01. The van der Waals surface area contributed by atoms with Crippen molar-refractivity contribution >= 4 is 23.8 Å². The highest BCUT2D eigenvalue weighted by Gasteiger charge is 2.41. The first-order valence-electron chi connectivity index (χ1n) is 26.8. The Labute approximate surface area is 452 Å². The third kappa shape index (κ3) is 12.4. The quantitative estimate of drug-likeness (QED) is 0.0700. The Hall–Kier alpha value is -7.64. The molecule has 2 N–H and O–H groups in total. The molecule has 1 aromatic heterocycles. The number of rotatable bonds is 22. The van der Waals surface area contributed by atoms with E-state index in [1.807, 2.05) is 48.5 Å². The topological polar surface area (TPSA) is 218 Å². The van der Waals surface area contributed by atoms with Crippen LogP contribution in [0.5, 0.6) is 34.5 Å². The molecule has 2 aliphatic carbocycles. The fourth-order valence-electron chi connectivity index (χ4n) is 11.1. The molecular weight excluding hydrogens is 1000 g/mol. The molecule has 2 atom stereocenters. The number of aliphatic carboxylic acids is 2. The van der Waals surface area contributed by atoms with Crippen molar-refractivity contribution in [3.63, 3.8) is 0 Å². The van der Waals surface area contributed by atoms with Gasteiger partial charge in [-0.25, -0.2) is 4.79 Å². The van der Waals surface area contributed by atoms with Crippen molar-refractivity contribution in [3.8, 4) is 34.5 Å². The minimum atomic E-state index is -0.739. The number of carbonyl (C=O) groups excluding carboxylic acids is 2. The number of carboxylic acid groups (broad SMARTS) is 2. The van der Waals surface area contributed by atoms with Gasteiger partial charge in [0, 0.05) is 82.3 Å². The maximum Gasteiger partial charge on any atom is 0.330 e. The summed E-state index contributed by atoms with van der Waals surface area (Å²) in [6.07, 6.45) is 6.25. The Morgan fingerprint density at radius 3 is 1.53 bits per heavy atom. The van der Waals surface area contributed by atoms with Crippen LogP contribution in [-0.2, 0) is 58.7 Å². The highest BCUT2D eigenvalue weighted by Crippen LogP contribution is 2.42. The molecule has 0 radical (unpaired) electrons. The lowest BCUT2D eigenvalue weighted by atomic mass is 9.78. The predicted molar refractivity (Wildman–Crippen MR) is 286 cm³/mol. The molecule has 0 spiro atoms. The summed E-state index contributed by atoms with van der Waals surface area (Å²) in [5.74, 6) is 1.65. The zero-order valence-corrected chi connectivity index (χ0v) is 44.9. The number of hydrogen-bond acceptors (Lipinski definition) is 14. The molecule has 3 fully saturated rings. The molecule has 2 amide bonds. The van der Waals surface area contributed by atoms with E-state index in [4.69, 9.17) is 28.4 Å². The van der Waals surface area contributed by atoms with Crippen LogP contribution in [0.3, 0.4) is 0 Å². The zero-order valence-electron chi connectivity index (χ0n) is 44.9. The van der Waals surface area contributed by atoms with E-state index in [-0.39, 0.29) is 92.5 Å². The van der Waals surface area contributed by atoms with Crippen molar-refractivity contribution < 1.29 is 57.8 Å². The lowest BCUT2D eigenvalue weighted by Gasteiger charge is -2.44. The van der Waals surface area contributed by atoms with Gasteiger partial charge in [-0.3, -0.25) is 43.2 Å². The number of ether oxygens (including phenoxy) is 6. The van der Waals surface area contributed by atoms with Crippen LogP contribution >= 0.6 is 0 Å². The summed E-state index contributed by atoms with van der Waals surface area (Å²) in [4.78, 5) is 77.0. The number of hydrogen-bond donors (Lipinski definition) is 2. The number of nitrogens with zero attached hydrogens (tertiary/aromatic N) is 5. The lowest BCUT2D eigenvalue weighted by Crippen LogP contribution is -2.47. The number of carbonyl (C=O) groups is 4. The molecule has 10 rings (SSSR count). The number of methoxy groups -OCH3 is 2. The van der Waals surface area contributed by atoms with Crippen molar-refractivity contribution in [3.05, 3.63) is 139 Å². The van der Waals surface area contributed by atoms with Gasteiger partial charge >= 0.3 is 17.6 Å². The summed E-state index contributed by atoms with van der Waals surface area (Å²) in [7, 11) is 4.74. The third-order valence-electron chi connectivity index (χ3n) is 16.0. The highest BCUT2D eigenvalue weighted by atomic mass is 16.5. The van der Waals surface area contributed by atoms with E-state index >= 15 is 0 Å². The van der Waals surface area contributed by atoms with E-state index in [1.54, 1.807) is 21.3 Å². The van der Waals surface area contributed by atoms with Crippen molar-refractivity contribution in [2.45, 2.75) is 109 Å². The number of aromatic nitrogens is 2. The van der Waals surface area contributed by atoms with Crippen LogP contribution in [0.4, 0.5) is 0 Å². The third-order valence-corrected chi connectivity index (χ3v) is 16.0. The monoisotopic (exact) mass is 1070 g/mol. The van der Waals surface area contributed by atoms with Gasteiger partial charge < -0.3 is 43.2 Å². The Kier molecular flexibility index (Phi) is 17.2. The molecule has 1 saturated heterocycles. The van der Waals surface area contributed by atoms with Gasteiger partial charge in [0.05, 0.1) is 52.4 Å². The van der Waals surface area contributed by atoms with Crippen LogP contribution in [0.25, 0.3) is 0 Å². The van der Waals surface area contributed by atoms with E-state index in [1.165, 1.54) is 44.0 Å². The number of aryl methyl sites for hydroxylation is 1. The molecule has 4 aromatic carbocycles. The van der Waals surface area contributed by atoms with Gasteiger partial charge in [0.2, 0.25) is 11.8 Å². The molecule has 5 aromatic rings. The van der Waals surface area contributed by atoms with Crippen molar-refractivity contribution in [1.29, 1.82) is 0 Å². The van der Waals surface area contributed by atoms with Crippen LogP contribution in [0.2, 0.25) is 0 Å². The molecule has 414 valence electrons. The molecule has 1 unspecified atom stereocenters. The van der Waals surface area contributed by atoms with E-state index in [2.05, 4.69) is 47.9 Å². The summed E-state index contributed by atoms with van der Waals surface area (Å²) < 4.78 is 36.8. The normalized spacial score (nSPS) is 19.8. The van der Waals surface area contributed by atoms with Gasteiger partial charge in [0.25, 0.3) is 5.56 Å². The van der Waals surface area contributed by atoms with Crippen LogP contribution in [0, 0.1) is 11.8 Å². The molecule has 5 aliphatic rings. The Bertz CT molecular complexity index is 3130. The number of carboxylic acids is 2. The Balaban J connectivity index is 0.000000190. The molecular formula is C59H69N5O14. The molecule has 4 heterocycles. The number of benzene rings is 4. The average Bonchev–Trinajstić information content (AvgIpc) is 4.20. The van der Waals surface area contributed by atoms with Gasteiger partial charge in [-0.2, -0.15) is 0 Å². The first-order chi connectivity index (χ1) is 37.6. The van der Waals surface area contributed by atoms with Crippen LogP contribution in [-0.4, -0.2) is 117 Å². The minimum absolute atomic E-state index is 0.0689. The first-order valence-corrected chi connectivity index (χ1v) is 26.8. The Morgan fingerprint density at radius 2 is 1.08 bits per heavy atom. The summed E-state index contributed by atoms with van der Waals surface area (Å²) in [5, 5.41) is 18.9. The zero-order chi connectivity index (χ0) is 55.2. The maximum atomic E-state index is 12.3. The van der Waals surface area contributed by atoms with Gasteiger partial charge in [0.15, 0.2) is 23.0 Å². The van der Waals surface area contributed by atoms with Crippen LogP contribution in [0.15, 0.2) is 94.6 Å². The maximum absolute atomic E-state index is 12.3. The van der Waals surface area contributed by atoms with E-state index in [0.717, 1.165) is 40.0 Å². The smallest absolute Gasteiger partial charge is 0.330 e. The van der Waals surface area contributed by atoms with E-state index in [0.29, 0.717) is 75.0 Å². The van der Waals surface area contributed by atoms with E-state index < -0.39 is 17.6 Å². The van der Waals surface area contributed by atoms with Crippen LogP contribution < -0.4 is 39.7 Å². The number of amides is 2. The predicted octanol–water partition coefficient (Wildman–Crippen LogP) is 6.58. The second kappa shape index (κ2) is 24.4. The standard InChI is InChI=1S/C30H35N3O7.C29H34N2O7/c1-19(21-5-7-25-22(15-21)9-12-39-25)33(24-16-23(17-24)29(35)36)18-20-4-6-26(27(14-20)38-3)40-13-11-32-28(34)8-10-31(2)30(32)37;1-18(20-4-6-24-21(14-20)9-11-37-24)31(23-15-22(16-23)29(34)35)17-19-3-5-25(26(13-19)36-2)38-12-10-30-27(32)7-8-28(30)33/h4-8,10,14-15,19,23-24H,9,11-13,16-18H2,1-3H3,(H,35,36);3-6,13-14,18,22-23H,7-12,15-17H2,1-2H3,(H,34,35)/t19-,23?,24?;/m1./s1. The SMILES string of the molecule is COc1cc(CN(C2CC(C(=O)O)C2)C(C)c2ccc3c(c2)CCO3)ccc1OCCN1C(=O)CCC1=O.COc1cc(CN(C2CC(C(=O)O)C2)[C@H](C)c2ccc3c(c2)CCO3)ccc1OCCn1c(=O)ccn(C)c1=O. The average molecular weight is 1070 g/mol. The number of imide groups is 1. The molecule has 19 nitrogen and oxygen atoms in total. The summed E-state index contributed by atoms with van der Waals surface area (Å²) in [6, 6.07) is 26.0. The molecule has 78 heavy (non-hydrogen) atoms. The number of likely N-dealkylation sites (tertiary alicyclic amines) is 1. The lowest BCUT2D eigenvalue weighted by molar-refractivity contribution is -0.148. The van der Waals surface area contributed by atoms with Crippen molar-refractivity contribution in [2.24, 2.45) is 18.9 Å². The minimum Gasteiger partial charge on any atom is -0.493 e. The van der Waals surface area contributed by atoms with Gasteiger partial charge in [-0.15, -0.1) is 0 Å². The molecule has 2 saturated carbocycles. The van der Waals surface area contributed by atoms with E-state index in [9.17, 15) is 39.0 Å². The van der Waals surface area contributed by atoms with Gasteiger partial charge in [-0.05, 0) is 109 Å². The van der Waals surface area contributed by atoms with Crippen molar-refractivity contribution in [2.75, 3.05) is 47.2 Å². The van der Waals surface area contributed by atoms with Gasteiger partial charge in [0.1, 0.15) is 24.7 Å². The summed E-state index contributed by atoms with van der Waals surface area (Å²) in [6.45, 7) is 7.61. The second-order valence-electron chi connectivity index (χ2n) is 20.8. The van der Waals surface area contributed by atoms with Crippen molar-refractivity contribution in [1.82, 2.24) is 23.8 Å². The fraction of sp³-hybridized carbons (Fsp3) is 0.458. The van der Waals surface area contributed by atoms with Crippen LogP contribution in [0.1, 0.15) is 97.8 Å². The Morgan fingerprint density at radius 1 is 0.615 bits per heavy atom. The molecule has 19 heteroatoms. The summed E-state index contributed by atoms with van der Waals surface area (Å²) >= 11 is 0.